The van der Waals surface area contributed by atoms with Crippen molar-refractivity contribution in [2.24, 2.45) is 5.73 Å². The number of fused-ring (bicyclic) bond motifs is 1. The second-order valence-corrected chi connectivity index (χ2v) is 7.08. The van der Waals surface area contributed by atoms with Crippen LogP contribution in [0.4, 0.5) is 0 Å². The molecule has 0 atom stereocenters. The van der Waals surface area contributed by atoms with Crippen molar-refractivity contribution < 1.29 is 19.5 Å². The molecule has 158 valence electrons. The van der Waals surface area contributed by atoms with E-state index in [2.05, 4.69) is 5.10 Å². The van der Waals surface area contributed by atoms with Crippen molar-refractivity contribution in [2.45, 2.75) is 38.5 Å². The van der Waals surface area contributed by atoms with Gasteiger partial charge in [0, 0.05) is 18.0 Å². The van der Waals surface area contributed by atoms with Gasteiger partial charge in [0.25, 0.3) is 5.91 Å². The Balaban J connectivity index is 1.46. The topological polar surface area (TPSA) is 119 Å². The Morgan fingerprint density at radius 2 is 1.77 bits per heavy atom. The van der Waals surface area contributed by atoms with Crippen molar-refractivity contribution in [3.8, 4) is 11.4 Å². The Hall–Kier alpha value is -3.39. The predicted octanol–water partition coefficient (Wildman–Crippen LogP) is 3.35. The fourth-order valence-electron chi connectivity index (χ4n) is 3.24. The number of ether oxygens (including phenoxy) is 1. The molecule has 2 amide bonds. The van der Waals surface area contributed by atoms with Gasteiger partial charge in [-0.05, 0) is 43.2 Å². The summed E-state index contributed by atoms with van der Waals surface area (Å²) in [6.07, 6.45) is 6.95. The van der Waals surface area contributed by atoms with Gasteiger partial charge in [0.2, 0.25) is 5.91 Å². The van der Waals surface area contributed by atoms with E-state index in [1.165, 1.54) is 0 Å². The quantitative estimate of drug-likeness (QED) is 0.254. The lowest BCUT2D eigenvalue weighted by Gasteiger charge is -2.07. The van der Waals surface area contributed by atoms with Gasteiger partial charge in [-0.2, -0.15) is 5.10 Å². The number of carbonyl (C=O) groups is 2. The summed E-state index contributed by atoms with van der Waals surface area (Å²) in [5.74, 6) is -0.0449. The summed E-state index contributed by atoms with van der Waals surface area (Å²) in [4.78, 5) is 22.5. The fraction of sp³-hybridized carbons (Fsp3) is 0.318. The Morgan fingerprint density at radius 3 is 2.50 bits per heavy atom. The Labute approximate surface area is 174 Å². The van der Waals surface area contributed by atoms with E-state index in [1.807, 2.05) is 36.5 Å². The molecular formula is C22H26N4O4. The predicted molar refractivity (Wildman–Crippen MR) is 113 cm³/mol. The molecule has 0 unspecified atom stereocenters. The first-order valence-electron chi connectivity index (χ1n) is 10.0. The first-order chi connectivity index (χ1) is 14.6. The van der Waals surface area contributed by atoms with Crippen molar-refractivity contribution in [1.29, 1.82) is 0 Å². The Kier molecular flexibility index (Phi) is 7.40. The highest BCUT2D eigenvalue weighted by molar-refractivity contribution is 6.04. The van der Waals surface area contributed by atoms with Gasteiger partial charge < -0.3 is 10.5 Å². The summed E-state index contributed by atoms with van der Waals surface area (Å²) in [6, 6.07) is 13.0. The number of nitrogens with zero attached hydrogens (tertiary/aromatic N) is 2. The lowest BCUT2D eigenvalue weighted by Crippen LogP contribution is -2.17. The van der Waals surface area contributed by atoms with Crippen LogP contribution in [0, 0.1) is 0 Å². The van der Waals surface area contributed by atoms with Crippen molar-refractivity contribution in [3.63, 3.8) is 0 Å². The minimum atomic E-state index is -0.495. The molecule has 4 N–H and O–H groups in total. The molecule has 2 aromatic carbocycles. The van der Waals surface area contributed by atoms with E-state index in [0.717, 1.165) is 48.9 Å². The Bertz CT molecular complexity index is 998. The van der Waals surface area contributed by atoms with Crippen LogP contribution in [0.25, 0.3) is 16.6 Å². The minimum Gasteiger partial charge on any atom is -0.494 e. The Morgan fingerprint density at radius 1 is 1.03 bits per heavy atom. The third-order valence-electron chi connectivity index (χ3n) is 4.84. The molecule has 3 aromatic rings. The van der Waals surface area contributed by atoms with Gasteiger partial charge in [-0.3, -0.25) is 14.8 Å². The van der Waals surface area contributed by atoms with Gasteiger partial charge in [0.15, 0.2) is 0 Å². The zero-order valence-corrected chi connectivity index (χ0v) is 16.7. The number of hydrogen-bond donors (Lipinski definition) is 3. The molecule has 1 heterocycles. The first kappa shape index (κ1) is 21.3. The van der Waals surface area contributed by atoms with Crippen molar-refractivity contribution >= 4 is 22.7 Å². The fourth-order valence-corrected chi connectivity index (χ4v) is 3.24. The van der Waals surface area contributed by atoms with Crippen LogP contribution >= 0.6 is 0 Å². The third kappa shape index (κ3) is 5.57. The van der Waals surface area contributed by atoms with Gasteiger partial charge in [-0.1, -0.05) is 31.4 Å². The molecule has 8 heteroatoms. The van der Waals surface area contributed by atoms with Gasteiger partial charge in [-0.15, -0.1) is 0 Å². The lowest BCUT2D eigenvalue weighted by molar-refractivity contribution is -0.129. The van der Waals surface area contributed by atoms with Crippen LogP contribution in [-0.4, -0.2) is 33.4 Å². The van der Waals surface area contributed by atoms with Crippen molar-refractivity contribution in [1.82, 2.24) is 15.3 Å². The molecule has 0 aliphatic rings. The number of carbonyl (C=O) groups excluding carboxylic acids is 2. The van der Waals surface area contributed by atoms with Crippen LogP contribution in [0.2, 0.25) is 0 Å². The lowest BCUT2D eigenvalue weighted by atomic mass is 10.1. The second-order valence-electron chi connectivity index (χ2n) is 7.08. The first-order valence-corrected chi connectivity index (χ1v) is 10.0. The summed E-state index contributed by atoms with van der Waals surface area (Å²) >= 11 is 0. The molecule has 30 heavy (non-hydrogen) atoms. The highest BCUT2D eigenvalue weighted by Crippen LogP contribution is 2.21. The molecule has 0 aliphatic carbocycles. The molecule has 0 fully saturated rings. The molecule has 0 radical (unpaired) electrons. The number of rotatable bonds is 11. The number of benzene rings is 2. The van der Waals surface area contributed by atoms with Crippen molar-refractivity contribution in [2.75, 3.05) is 6.61 Å². The van der Waals surface area contributed by atoms with Crippen molar-refractivity contribution in [3.05, 3.63) is 54.2 Å². The summed E-state index contributed by atoms with van der Waals surface area (Å²) in [5.41, 5.74) is 8.92. The van der Waals surface area contributed by atoms with Crippen LogP contribution in [0.15, 0.2) is 48.7 Å². The average molecular weight is 410 g/mol. The number of primary amides is 1. The molecule has 0 saturated carbocycles. The van der Waals surface area contributed by atoms with E-state index in [1.54, 1.807) is 22.3 Å². The number of amides is 2. The third-order valence-corrected chi connectivity index (χ3v) is 4.84. The maximum Gasteiger partial charge on any atom is 0.250 e. The van der Waals surface area contributed by atoms with E-state index >= 15 is 0 Å². The van der Waals surface area contributed by atoms with Gasteiger partial charge in [0.05, 0.1) is 17.9 Å². The minimum absolute atomic E-state index is 0.335. The molecule has 1 aromatic heterocycles. The smallest absolute Gasteiger partial charge is 0.250 e. The van der Waals surface area contributed by atoms with E-state index in [-0.39, 0.29) is 5.91 Å². The number of aromatic nitrogens is 2. The van der Waals surface area contributed by atoms with Crippen LogP contribution in [0.1, 0.15) is 48.9 Å². The zero-order chi connectivity index (χ0) is 21.3. The number of unbranched alkanes of at least 4 members (excludes halogenated alkanes) is 4. The molecule has 3 rings (SSSR count). The zero-order valence-electron chi connectivity index (χ0n) is 16.7. The molecule has 0 saturated heterocycles. The number of nitrogens with one attached hydrogen (secondary N) is 1. The van der Waals surface area contributed by atoms with Crippen LogP contribution in [0.5, 0.6) is 5.75 Å². The maximum absolute atomic E-state index is 11.6. The van der Waals surface area contributed by atoms with E-state index in [4.69, 9.17) is 15.7 Å². The number of hydroxylamine groups is 1. The SMILES string of the molecule is NC(=O)c1cccc2cn(-c3ccc(OCCCCCCCC(=O)NO)cc3)nc12. The molecule has 0 spiro atoms. The molecule has 8 nitrogen and oxygen atoms in total. The van der Waals surface area contributed by atoms with Gasteiger partial charge in [0.1, 0.15) is 11.3 Å². The van der Waals surface area contributed by atoms with E-state index in [0.29, 0.717) is 24.1 Å². The van der Waals surface area contributed by atoms with Crippen LogP contribution in [-0.2, 0) is 4.79 Å². The molecule has 0 aliphatic heterocycles. The van der Waals surface area contributed by atoms with Crippen LogP contribution in [0.3, 0.4) is 0 Å². The summed E-state index contributed by atoms with van der Waals surface area (Å²) in [7, 11) is 0. The standard InChI is InChI=1S/C22H26N4O4/c23-22(28)19-8-6-7-16-15-26(24-21(16)19)17-10-12-18(13-11-17)30-14-5-3-1-2-4-9-20(27)25-29/h6-8,10-13,15,29H,1-5,9,14H2,(H2,23,28)(H,25,27). The monoisotopic (exact) mass is 410 g/mol. The highest BCUT2D eigenvalue weighted by atomic mass is 16.5. The summed E-state index contributed by atoms with van der Waals surface area (Å²) < 4.78 is 7.50. The van der Waals surface area contributed by atoms with E-state index in [9.17, 15) is 9.59 Å². The average Bonchev–Trinajstić information content (AvgIpc) is 3.20. The maximum atomic E-state index is 11.6. The molecule has 0 bridgehead atoms. The number of nitrogens with two attached hydrogens (primary N) is 1. The second kappa shape index (κ2) is 10.4. The summed E-state index contributed by atoms with van der Waals surface area (Å²) in [5, 5.41) is 13.8. The number of hydrogen-bond acceptors (Lipinski definition) is 5. The van der Waals surface area contributed by atoms with Gasteiger partial charge in [-0.25, -0.2) is 10.2 Å². The molecular weight excluding hydrogens is 384 g/mol. The van der Waals surface area contributed by atoms with Crippen LogP contribution < -0.4 is 16.0 Å². The largest absolute Gasteiger partial charge is 0.494 e. The van der Waals surface area contributed by atoms with Gasteiger partial charge >= 0.3 is 0 Å². The van der Waals surface area contributed by atoms with E-state index < -0.39 is 5.91 Å². The summed E-state index contributed by atoms with van der Waals surface area (Å²) in [6.45, 7) is 0.629. The highest BCUT2D eigenvalue weighted by Gasteiger charge is 2.11. The normalized spacial score (nSPS) is 10.8.